The summed E-state index contributed by atoms with van der Waals surface area (Å²) in [5.74, 6) is 0.603. The van der Waals surface area contributed by atoms with E-state index >= 15 is 0 Å². The van der Waals surface area contributed by atoms with E-state index in [2.05, 4.69) is 50.9 Å². The van der Waals surface area contributed by atoms with Gasteiger partial charge in [-0.1, -0.05) is 6.07 Å². The van der Waals surface area contributed by atoms with Gasteiger partial charge in [-0.2, -0.15) is 5.10 Å². The van der Waals surface area contributed by atoms with Gasteiger partial charge in [0, 0.05) is 42.6 Å². The third-order valence-electron chi connectivity index (χ3n) is 7.67. The molecule has 6 rings (SSSR count). The second kappa shape index (κ2) is 11.5. The van der Waals surface area contributed by atoms with Crippen molar-refractivity contribution in [2.45, 2.75) is 26.4 Å². The number of nitrogens with two attached hydrogens (primary N) is 1. The summed E-state index contributed by atoms with van der Waals surface area (Å²) in [5.41, 5.74) is 14.9. The summed E-state index contributed by atoms with van der Waals surface area (Å²) >= 11 is 0. The quantitative estimate of drug-likeness (QED) is 0.278. The number of rotatable bonds is 8. The Labute approximate surface area is 239 Å². The number of carbonyl (C=O) groups is 1. The highest BCUT2D eigenvalue weighted by atomic mass is 16.5. The van der Waals surface area contributed by atoms with Gasteiger partial charge >= 0.3 is 0 Å². The lowest BCUT2D eigenvalue weighted by molar-refractivity contribution is -0.109. The Kier molecular flexibility index (Phi) is 7.49. The van der Waals surface area contributed by atoms with Crippen molar-refractivity contribution < 1.29 is 9.53 Å². The van der Waals surface area contributed by atoms with E-state index < -0.39 is 6.04 Å². The molecule has 0 bridgehead atoms. The lowest BCUT2D eigenvalue weighted by atomic mass is 9.97. The molecule has 0 radical (unpaired) electrons. The van der Waals surface area contributed by atoms with E-state index in [0.29, 0.717) is 22.9 Å². The Balaban J connectivity index is 1.26. The van der Waals surface area contributed by atoms with E-state index in [1.54, 1.807) is 12.4 Å². The number of pyridine rings is 2. The molecule has 4 N–H and O–H groups in total. The van der Waals surface area contributed by atoms with Crippen molar-refractivity contribution >= 4 is 29.6 Å². The van der Waals surface area contributed by atoms with Crippen molar-refractivity contribution in [1.82, 2.24) is 30.0 Å². The molecule has 1 unspecified atom stereocenters. The molecule has 1 aromatic carbocycles. The highest BCUT2D eigenvalue weighted by Crippen LogP contribution is 2.35. The average Bonchev–Trinajstić information content (AvgIpc) is 3.46. The Bertz CT molecular complexity index is 1610. The minimum Gasteiger partial charge on any atom is -0.397 e. The fraction of sp³-hybridized carbons (Fsp3) is 0.290. The number of nitrogens with zero attached hydrogens (tertiary/aromatic N) is 5. The van der Waals surface area contributed by atoms with Crippen molar-refractivity contribution in [3.63, 3.8) is 0 Å². The number of aromatic nitrogens is 4. The number of fused-ring (bicyclic) bond motifs is 1. The molecule has 1 fully saturated rings. The van der Waals surface area contributed by atoms with E-state index in [0.717, 1.165) is 84.7 Å². The van der Waals surface area contributed by atoms with Gasteiger partial charge < -0.3 is 25.9 Å². The third-order valence-corrected chi connectivity index (χ3v) is 7.67. The van der Waals surface area contributed by atoms with Crippen molar-refractivity contribution in [3.05, 3.63) is 77.4 Å². The second-order valence-corrected chi connectivity index (χ2v) is 10.5. The van der Waals surface area contributed by atoms with Crippen LogP contribution < -0.4 is 16.4 Å². The Morgan fingerprint density at radius 2 is 1.95 bits per heavy atom. The number of anilines is 3. The monoisotopic (exact) mass is 550 g/mol. The van der Waals surface area contributed by atoms with Crippen LogP contribution in [0, 0.1) is 13.8 Å². The number of benzene rings is 1. The summed E-state index contributed by atoms with van der Waals surface area (Å²) in [6.07, 6.45) is 10.3. The van der Waals surface area contributed by atoms with Gasteiger partial charge in [-0.15, -0.1) is 0 Å². The van der Waals surface area contributed by atoms with Crippen LogP contribution in [-0.2, 0) is 16.1 Å². The normalized spacial score (nSPS) is 16.7. The Hall–Kier alpha value is -4.54. The topological polar surface area (TPSA) is 123 Å². The predicted molar refractivity (Wildman–Crippen MR) is 161 cm³/mol. The molecule has 10 heteroatoms. The molecule has 0 spiro atoms. The number of ether oxygens (including phenoxy) is 1. The molecule has 1 atom stereocenters. The van der Waals surface area contributed by atoms with Gasteiger partial charge in [0.2, 0.25) is 0 Å². The van der Waals surface area contributed by atoms with E-state index in [9.17, 15) is 4.79 Å². The zero-order valence-electron chi connectivity index (χ0n) is 23.3. The molecular weight excluding hydrogens is 516 g/mol. The van der Waals surface area contributed by atoms with Crippen molar-refractivity contribution in [2.75, 3.05) is 43.9 Å². The first kappa shape index (κ1) is 26.7. The van der Waals surface area contributed by atoms with Crippen LogP contribution in [0.1, 0.15) is 28.3 Å². The van der Waals surface area contributed by atoms with Gasteiger partial charge in [0.25, 0.3) is 0 Å². The molecule has 2 aliphatic heterocycles. The SMILES string of the molecule is Cc1cc(-c2cc3c(c(Nc4ccc(-c5cnn(CCN6CCOCC6)c5)c(C)c4)n2)C(C=O)NC=C3)ncc1N. The van der Waals surface area contributed by atoms with Gasteiger partial charge in [0.05, 0.1) is 49.2 Å². The Morgan fingerprint density at radius 3 is 2.73 bits per heavy atom. The molecule has 2 aliphatic rings. The van der Waals surface area contributed by atoms with Crippen LogP contribution in [0.5, 0.6) is 0 Å². The molecule has 4 aromatic rings. The van der Waals surface area contributed by atoms with Gasteiger partial charge in [-0.3, -0.25) is 14.6 Å². The molecular formula is C31H34N8O2. The first-order valence-corrected chi connectivity index (χ1v) is 13.8. The lowest BCUT2D eigenvalue weighted by Crippen LogP contribution is -2.38. The van der Waals surface area contributed by atoms with E-state index in [1.807, 2.05) is 42.1 Å². The van der Waals surface area contributed by atoms with Crippen LogP contribution in [-0.4, -0.2) is 63.8 Å². The average molecular weight is 551 g/mol. The minimum atomic E-state index is -0.510. The number of aryl methyl sites for hydroxylation is 2. The summed E-state index contributed by atoms with van der Waals surface area (Å²) in [5, 5.41) is 11.2. The zero-order valence-corrected chi connectivity index (χ0v) is 23.3. The highest BCUT2D eigenvalue weighted by Gasteiger charge is 2.23. The maximum atomic E-state index is 12.0. The van der Waals surface area contributed by atoms with Crippen LogP contribution in [0.15, 0.2) is 55.1 Å². The first-order chi connectivity index (χ1) is 20.0. The predicted octanol–water partition coefficient (Wildman–Crippen LogP) is 4.10. The largest absolute Gasteiger partial charge is 0.397 e. The standard InChI is InChI=1S/C31H34N8O2/c1-20-13-24(3-4-25(20)23-16-35-39(18-23)8-7-38-9-11-41-12-10-38)36-31-30-22(5-6-33-29(30)19-40)15-28(37-31)27-14-21(2)26(32)17-34-27/h3-6,13-19,29,33H,7-12,32H2,1-2H3,(H,36,37). The minimum absolute atomic E-state index is 0.510. The molecule has 3 aromatic heterocycles. The number of morpholine rings is 1. The molecule has 210 valence electrons. The molecule has 1 saturated heterocycles. The second-order valence-electron chi connectivity index (χ2n) is 10.5. The van der Waals surface area contributed by atoms with Crippen molar-refractivity contribution in [2.24, 2.45) is 0 Å². The number of carbonyl (C=O) groups excluding carboxylic acids is 1. The number of hydrogen-bond donors (Lipinski definition) is 3. The maximum Gasteiger partial charge on any atom is 0.146 e. The highest BCUT2D eigenvalue weighted by molar-refractivity contribution is 5.80. The van der Waals surface area contributed by atoms with Gasteiger partial charge in [-0.05, 0) is 72.6 Å². The fourth-order valence-corrected chi connectivity index (χ4v) is 5.30. The van der Waals surface area contributed by atoms with Gasteiger partial charge in [0.1, 0.15) is 18.1 Å². The van der Waals surface area contributed by atoms with E-state index in [-0.39, 0.29) is 0 Å². The van der Waals surface area contributed by atoms with Crippen LogP contribution in [0.3, 0.4) is 0 Å². The van der Waals surface area contributed by atoms with Crippen molar-refractivity contribution in [3.8, 4) is 22.5 Å². The Morgan fingerprint density at radius 1 is 1.10 bits per heavy atom. The number of nitrogen functional groups attached to an aromatic ring is 1. The lowest BCUT2D eigenvalue weighted by Gasteiger charge is -2.26. The van der Waals surface area contributed by atoms with Crippen LogP contribution in [0.25, 0.3) is 28.6 Å². The molecule has 10 nitrogen and oxygen atoms in total. The summed E-state index contributed by atoms with van der Waals surface area (Å²) in [6, 6.07) is 9.59. The van der Waals surface area contributed by atoms with Crippen molar-refractivity contribution in [1.29, 1.82) is 0 Å². The number of nitrogens with one attached hydrogen (secondary N) is 2. The summed E-state index contributed by atoms with van der Waals surface area (Å²) in [4.78, 5) is 23.8. The van der Waals surface area contributed by atoms with Gasteiger partial charge in [-0.25, -0.2) is 4.98 Å². The summed E-state index contributed by atoms with van der Waals surface area (Å²) < 4.78 is 7.45. The fourth-order valence-electron chi connectivity index (χ4n) is 5.30. The number of aldehydes is 1. The molecule has 0 saturated carbocycles. The third kappa shape index (κ3) is 5.70. The summed E-state index contributed by atoms with van der Waals surface area (Å²) in [6.45, 7) is 9.38. The maximum absolute atomic E-state index is 12.0. The summed E-state index contributed by atoms with van der Waals surface area (Å²) in [7, 11) is 0. The van der Waals surface area contributed by atoms with Crippen LogP contribution >= 0.6 is 0 Å². The van der Waals surface area contributed by atoms with Gasteiger partial charge in [0.15, 0.2) is 0 Å². The molecule has 5 heterocycles. The smallest absolute Gasteiger partial charge is 0.146 e. The molecule has 41 heavy (non-hydrogen) atoms. The van der Waals surface area contributed by atoms with E-state index in [4.69, 9.17) is 15.5 Å². The molecule has 0 amide bonds. The van der Waals surface area contributed by atoms with Crippen LogP contribution in [0.2, 0.25) is 0 Å². The zero-order chi connectivity index (χ0) is 28.3. The van der Waals surface area contributed by atoms with Crippen LogP contribution in [0.4, 0.5) is 17.2 Å². The number of hydrogen-bond acceptors (Lipinski definition) is 9. The van der Waals surface area contributed by atoms with E-state index in [1.165, 1.54) is 0 Å². The first-order valence-electron chi connectivity index (χ1n) is 13.8. The molecule has 0 aliphatic carbocycles.